The molecule has 1 saturated heterocycles. The molecule has 0 spiro atoms. The summed E-state index contributed by atoms with van der Waals surface area (Å²) < 4.78 is 3.89. The van der Waals surface area contributed by atoms with E-state index in [0.29, 0.717) is 0 Å². The first kappa shape index (κ1) is 16.6. The number of carbonyl (C=O) groups is 1. The van der Waals surface area contributed by atoms with Crippen LogP contribution < -0.4 is 0 Å². The summed E-state index contributed by atoms with van der Waals surface area (Å²) in [6.07, 6.45) is 9.46. The van der Waals surface area contributed by atoms with Crippen molar-refractivity contribution in [3.8, 4) is 5.69 Å². The van der Waals surface area contributed by atoms with Gasteiger partial charge in [-0.3, -0.25) is 14.5 Å². The van der Waals surface area contributed by atoms with Gasteiger partial charge in [-0.1, -0.05) is 0 Å². The second-order valence-electron chi connectivity index (χ2n) is 6.94. The van der Waals surface area contributed by atoms with Crippen molar-refractivity contribution >= 4 is 5.91 Å². The van der Waals surface area contributed by atoms with Crippen LogP contribution in [0.15, 0.2) is 43.0 Å². The molecule has 1 unspecified atom stereocenters. The summed E-state index contributed by atoms with van der Waals surface area (Å²) in [7, 11) is 1.91. The quantitative estimate of drug-likeness (QED) is 0.730. The molecule has 0 saturated carbocycles. The van der Waals surface area contributed by atoms with E-state index in [4.69, 9.17) is 0 Å². The zero-order valence-electron chi connectivity index (χ0n) is 15.4. The summed E-state index contributed by atoms with van der Waals surface area (Å²) in [5.41, 5.74) is 4.85. The van der Waals surface area contributed by atoms with Gasteiger partial charge in [0.25, 0.3) is 5.91 Å². The van der Waals surface area contributed by atoms with E-state index in [1.807, 2.05) is 62.6 Å². The van der Waals surface area contributed by atoms with Crippen molar-refractivity contribution < 1.29 is 4.79 Å². The van der Waals surface area contributed by atoms with Gasteiger partial charge in [0.15, 0.2) is 0 Å². The van der Waals surface area contributed by atoms with Crippen LogP contribution in [0.2, 0.25) is 0 Å². The molecule has 3 aromatic heterocycles. The molecule has 0 radical (unpaired) electrons. The van der Waals surface area contributed by atoms with Gasteiger partial charge in [-0.15, -0.1) is 0 Å². The average Bonchev–Trinajstić information content (AvgIpc) is 3.34. The van der Waals surface area contributed by atoms with Crippen LogP contribution in [-0.2, 0) is 7.05 Å². The van der Waals surface area contributed by atoms with Crippen LogP contribution in [0.5, 0.6) is 0 Å². The van der Waals surface area contributed by atoms with E-state index >= 15 is 0 Å². The van der Waals surface area contributed by atoms with Crippen LogP contribution in [0.3, 0.4) is 0 Å². The van der Waals surface area contributed by atoms with Gasteiger partial charge in [0, 0.05) is 42.9 Å². The predicted octanol–water partition coefficient (Wildman–Crippen LogP) is 3.20. The number of carbonyl (C=O) groups excluding carboxylic acids is 1. The molecule has 134 valence electrons. The molecular weight excluding hydrogens is 326 g/mol. The first-order valence-corrected chi connectivity index (χ1v) is 8.95. The highest BCUT2D eigenvalue weighted by Gasteiger charge is 2.33. The first-order valence-electron chi connectivity index (χ1n) is 8.95. The monoisotopic (exact) mass is 349 g/mol. The number of amides is 1. The van der Waals surface area contributed by atoms with Crippen molar-refractivity contribution in [2.75, 3.05) is 6.54 Å². The van der Waals surface area contributed by atoms with Crippen LogP contribution in [0, 0.1) is 13.8 Å². The second-order valence-corrected chi connectivity index (χ2v) is 6.94. The minimum Gasteiger partial charge on any atom is -0.331 e. The topological polar surface area (TPSA) is 56.0 Å². The minimum absolute atomic E-state index is 0.0968. The number of aryl methyl sites for hydroxylation is 2. The maximum Gasteiger partial charge on any atom is 0.256 e. The molecule has 4 heterocycles. The molecule has 0 aliphatic carbocycles. The third-order valence-corrected chi connectivity index (χ3v) is 5.19. The van der Waals surface area contributed by atoms with E-state index in [2.05, 4.69) is 14.6 Å². The summed E-state index contributed by atoms with van der Waals surface area (Å²) in [4.78, 5) is 19.5. The smallest absolute Gasteiger partial charge is 0.256 e. The van der Waals surface area contributed by atoms with E-state index in [9.17, 15) is 4.79 Å². The maximum atomic E-state index is 13.3. The molecule has 4 rings (SSSR count). The second kappa shape index (κ2) is 6.44. The highest BCUT2D eigenvalue weighted by Crippen LogP contribution is 2.34. The van der Waals surface area contributed by atoms with E-state index < -0.39 is 0 Å². The normalized spacial score (nSPS) is 17.0. The molecule has 3 aromatic rings. The summed E-state index contributed by atoms with van der Waals surface area (Å²) in [6, 6.07) is 6.02. The largest absolute Gasteiger partial charge is 0.331 e. The zero-order valence-corrected chi connectivity index (χ0v) is 15.4. The Hall–Kier alpha value is -2.89. The number of aromatic nitrogens is 4. The highest BCUT2D eigenvalue weighted by molar-refractivity contribution is 5.96. The van der Waals surface area contributed by atoms with Crippen LogP contribution in [0.25, 0.3) is 5.69 Å². The number of pyridine rings is 1. The molecule has 0 aromatic carbocycles. The number of rotatable bonds is 3. The summed E-state index contributed by atoms with van der Waals surface area (Å²) >= 11 is 0. The van der Waals surface area contributed by atoms with Gasteiger partial charge in [-0.2, -0.15) is 5.10 Å². The number of likely N-dealkylation sites (tertiary alicyclic amines) is 1. The molecule has 1 atom stereocenters. The molecule has 26 heavy (non-hydrogen) atoms. The van der Waals surface area contributed by atoms with Crippen LogP contribution in [-0.4, -0.2) is 36.7 Å². The van der Waals surface area contributed by atoms with Crippen molar-refractivity contribution in [1.82, 2.24) is 24.2 Å². The highest BCUT2D eigenvalue weighted by atomic mass is 16.2. The van der Waals surface area contributed by atoms with Crippen molar-refractivity contribution in [3.05, 3.63) is 65.5 Å². The standard InChI is InChI=1S/C20H23N5O/c1-14-10-18(15(2)25(14)17-6-4-8-21-12-17)20(26)24-9-5-7-19(24)16-11-22-23(3)13-16/h4,6,8,10-13,19H,5,7,9H2,1-3H3. The third-order valence-electron chi connectivity index (χ3n) is 5.19. The fourth-order valence-corrected chi connectivity index (χ4v) is 3.99. The lowest BCUT2D eigenvalue weighted by atomic mass is 10.1. The number of hydrogen-bond donors (Lipinski definition) is 0. The number of nitrogens with zero attached hydrogens (tertiary/aromatic N) is 5. The Morgan fingerprint density at radius 1 is 1.27 bits per heavy atom. The summed E-state index contributed by atoms with van der Waals surface area (Å²) in [5, 5.41) is 4.27. The van der Waals surface area contributed by atoms with Gasteiger partial charge in [-0.25, -0.2) is 0 Å². The molecule has 0 N–H and O–H groups in total. The Morgan fingerprint density at radius 2 is 2.12 bits per heavy atom. The minimum atomic E-state index is 0.0968. The molecule has 1 aliphatic heterocycles. The Bertz CT molecular complexity index is 941. The van der Waals surface area contributed by atoms with Crippen LogP contribution in [0.1, 0.15) is 46.2 Å². The van der Waals surface area contributed by atoms with Crippen molar-refractivity contribution in [2.45, 2.75) is 32.7 Å². The van der Waals surface area contributed by atoms with Gasteiger partial charge in [0.05, 0.1) is 29.7 Å². The lowest BCUT2D eigenvalue weighted by Gasteiger charge is -2.24. The van der Waals surface area contributed by atoms with E-state index in [1.165, 1.54) is 0 Å². The molecule has 6 nitrogen and oxygen atoms in total. The lowest BCUT2D eigenvalue weighted by molar-refractivity contribution is 0.0735. The van der Waals surface area contributed by atoms with Crippen molar-refractivity contribution in [1.29, 1.82) is 0 Å². The molecule has 0 bridgehead atoms. The molecule has 1 aliphatic rings. The zero-order chi connectivity index (χ0) is 18.3. The number of hydrogen-bond acceptors (Lipinski definition) is 3. The van der Waals surface area contributed by atoms with Crippen LogP contribution in [0.4, 0.5) is 0 Å². The Kier molecular flexibility index (Phi) is 4.11. The Balaban J connectivity index is 1.68. The maximum absolute atomic E-state index is 13.3. The van der Waals surface area contributed by atoms with Crippen LogP contribution >= 0.6 is 0 Å². The SMILES string of the molecule is Cc1cc(C(=O)N2CCCC2c2cnn(C)c2)c(C)n1-c1cccnc1. The average molecular weight is 349 g/mol. The van der Waals surface area contributed by atoms with E-state index in [1.54, 1.807) is 10.9 Å². The summed E-state index contributed by atoms with van der Waals surface area (Å²) in [6.45, 7) is 4.82. The summed E-state index contributed by atoms with van der Waals surface area (Å²) in [5.74, 6) is 0.0968. The van der Waals surface area contributed by atoms with Crippen molar-refractivity contribution in [3.63, 3.8) is 0 Å². The molecule has 1 fully saturated rings. The van der Waals surface area contributed by atoms with Gasteiger partial charge >= 0.3 is 0 Å². The van der Waals surface area contributed by atoms with E-state index in [-0.39, 0.29) is 11.9 Å². The molecular formula is C20H23N5O. The fourth-order valence-electron chi connectivity index (χ4n) is 3.99. The van der Waals surface area contributed by atoms with Gasteiger partial charge in [-0.05, 0) is 44.9 Å². The van der Waals surface area contributed by atoms with Gasteiger partial charge in [0.1, 0.15) is 0 Å². The van der Waals surface area contributed by atoms with Crippen molar-refractivity contribution in [2.24, 2.45) is 7.05 Å². The molecule has 6 heteroatoms. The Morgan fingerprint density at radius 3 is 2.81 bits per heavy atom. The third kappa shape index (κ3) is 2.71. The fraction of sp³-hybridized carbons (Fsp3) is 0.350. The first-order chi connectivity index (χ1) is 12.6. The van der Waals surface area contributed by atoms with Gasteiger partial charge in [0.2, 0.25) is 0 Å². The molecule has 1 amide bonds. The predicted molar refractivity (Wildman–Crippen MR) is 99.3 cm³/mol. The van der Waals surface area contributed by atoms with E-state index in [0.717, 1.165) is 47.6 Å². The van der Waals surface area contributed by atoms with Gasteiger partial charge < -0.3 is 9.47 Å². The Labute approximate surface area is 153 Å². The lowest BCUT2D eigenvalue weighted by Crippen LogP contribution is -2.30.